The first-order chi connectivity index (χ1) is 11.2. The van der Waals surface area contributed by atoms with Gasteiger partial charge in [-0.25, -0.2) is 4.98 Å². The number of likely N-dealkylation sites (tertiary alicyclic amines) is 1. The van der Waals surface area contributed by atoms with Crippen LogP contribution in [0.3, 0.4) is 0 Å². The number of aromatic nitrogens is 5. The first-order valence-electron chi connectivity index (χ1n) is 7.71. The van der Waals surface area contributed by atoms with E-state index in [4.69, 9.17) is 4.74 Å². The maximum atomic E-state index is 12.6. The lowest BCUT2D eigenvalue weighted by Crippen LogP contribution is -2.36. The SMILES string of the molecule is Cc1cnc(C(=O)N2CC[C@@]3(C[C@@H](n4cnnc4)CO3)C2)cn1. The Kier molecular flexibility index (Phi) is 3.33. The number of hydrogen-bond donors (Lipinski definition) is 0. The topological polar surface area (TPSA) is 86.0 Å². The highest BCUT2D eigenvalue weighted by atomic mass is 16.5. The third-order valence-electron chi connectivity index (χ3n) is 4.65. The summed E-state index contributed by atoms with van der Waals surface area (Å²) < 4.78 is 8.04. The van der Waals surface area contributed by atoms with E-state index < -0.39 is 0 Å². The molecule has 2 fully saturated rings. The molecule has 2 aromatic rings. The van der Waals surface area contributed by atoms with Crippen LogP contribution in [0, 0.1) is 6.92 Å². The van der Waals surface area contributed by atoms with Crippen molar-refractivity contribution in [1.82, 2.24) is 29.6 Å². The number of carbonyl (C=O) groups is 1. The van der Waals surface area contributed by atoms with E-state index in [9.17, 15) is 4.79 Å². The molecule has 4 heterocycles. The zero-order valence-corrected chi connectivity index (χ0v) is 12.9. The van der Waals surface area contributed by atoms with E-state index in [0.717, 1.165) is 18.5 Å². The number of ether oxygens (including phenoxy) is 1. The standard InChI is InChI=1S/C15H18N6O2/c1-11-5-17-13(6-16-11)14(22)20-3-2-15(8-20)4-12(7-23-15)21-9-18-19-10-21/h5-6,9-10,12H,2-4,7-8H2,1H3/t12-,15-/m1/s1. The third-order valence-corrected chi connectivity index (χ3v) is 4.65. The molecule has 23 heavy (non-hydrogen) atoms. The highest BCUT2D eigenvalue weighted by Gasteiger charge is 2.47. The van der Waals surface area contributed by atoms with Crippen LogP contribution in [0.1, 0.15) is 35.1 Å². The molecule has 8 heteroatoms. The van der Waals surface area contributed by atoms with E-state index in [-0.39, 0.29) is 17.6 Å². The Balaban J connectivity index is 1.45. The van der Waals surface area contributed by atoms with Crippen LogP contribution in [-0.2, 0) is 4.74 Å². The van der Waals surface area contributed by atoms with Gasteiger partial charge >= 0.3 is 0 Å². The monoisotopic (exact) mass is 314 g/mol. The lowest BCUT2D eigenvalue weighted by molar-refractivity contribution is 0.0117. The van der Waals surface area contributed by atoms with Crippen molar-refractivity contribution in [1.29, 1.82) is 0 Å². The smallest absolute Gasteiger partial charge is 0.274 e. The molecule has 0 N–H and O–H groups in total. The van der Waals surface area contributed by atoms with Crippen molar-refractivity contribution in [3.63, 3.8) is 0 Å². The van der Waals surface area contributed by atoms with Gasteiger partial charge in [0.1, 0.15) is 18.3 Å². The summed E-state index contributed by atoms with van der Waals surface area (Å²) in [6.07, 6.45) is 8.30. The van der Waals surface area contributed by atoms with E-state index >= 15 is 0 Å². The molecule has 2 aliphatic rings. The molecular weight excluding hydrogens is 296 g/mol. The molecule has 4 rings (SSSR count). The summed E-state index contributed by atoms with van der Waals surface area (Å²) in [4.78, 5) is 22.7. The number of amides is 1. The minimum absolute atomic E-state index is 0.0780. The van der Waals surface area contributed by atoms with Crippen LogP contribution in [-0.4, -0.2) is 60.8 Å². The number of aryl methyl sites for hydroxylation is 1. The molecule has 1 amide bonds. The van der Waals surface area contributed by atoms with Crippen molar-refractivity contribution in [2.75, 3.05) is 19.7 Å². The lowest BCUT2D eigenvalue weighted by Gasteiger charge is -2.23. The molecule has 8 nitrogen and oxygen atoms in total. The van der Waals surface area contributed by atoms with Gasteiger partial charge in [-0.3, -0.25) is 9.78 Å². The first-order valence-corrected chi connectivity index (χ1v) is 7.71. The molecule has 0 aromatic carbocycles. The van der Waals surface area contributed by atoms with Gasteiger partial charge in [0.2, 0.25) is 0 Å². The predicted molar refractivity (Wildman–Crippen MR) is 79.6 cm³/mol. The fraction of sp³-hybridized carbons (Fsp3) is 0.533. The maximum absolute atomic E-state index is 12.6. The summed E-state index contributed by atoms with van der Waals surface area (Å²) in [6.45, 7) is 3.76. The summed E-state index contributed by atoms with van der Waals surface area (Å²) in [5.41, 5.74) is 0.930. The predicted octanol–water partition coefficient (Wildman–Crippen LogP) is 0.623. The Bertz CT molecular complexity index is 701. The molecule has 2 aliphatic heterocycles. The third kappa shape index (κ3) is 2.59. The number of rotatable bonds is 2. The second-order valence-corrected chi connectivity index (χ2v) is 6.28. The van der Waals surface area contributed by atoms with Crippen LogP contribution in [0.25, 0.3) is 0 Å². The van der Waals surface area contributed by atoms with E-state index in [1.165, 1.54) is 6.20 Å². The molecule has 0 aliphatic carbocycles. The molecule has 2 atom stereocenters. The van der Waals surface area contributed by atoms with Crippen molar-refractivity contribution in [2.45, 2.75) is 31.4 Å². The first kappa shape index (κ1) is 14.3. The van der Waals surface area contributed by atoms with Crippen LogP contribution in [0.4, 0.5) is 0 Å². The fourth-order valence-electron chi connectivity index (χ4n) is 3.38. The molecule has 1 spiro atoms. The Morgan fingerprint density at radius 2 is 2.13 bits per heavy atom. The molecule has 0 bridgehead atoms. The highest BCUT2D eigenvalue weighted by Crippen LogP contribution is 2.40. The quantitative estimate of drug-likeness (QED) is 0.808. The largest absolute Gasteiger partial charge is 0.371 e. The average Bonchev–Trinajstić information content (AvgIpc) is 3.29. The number of carbonyl (C=O) groups excluding carboxylic acids is 1. The van der Waals surface area contributed by atoms with Gasteiger partial charge in [-0.15, -0.1) is 10.2 Å². The Hall–Kier alpha value is -2.35. The molecular formula is C15H18N6O2. The Morgan fingerprint density at radius 3 is 2.87 bits per heavy atom. The molecule has 0 saturated carbocycles. The second-order valence-electron chi connectivity index (χ2n) is 6.28. The molecule has 2 aromatic heterocycles. The van der Waals surface area contributed by atoms with Crippen molar-refractivity contribution < 1.29 is 9.53 Å². The van der Waals surface area contributed by atoms with E-state index in [0.29, 0.717) is 25.4 Å². The number of nitrogens with zero attached hydrogens (tertiary/aromatic N) is 6. The number of hydrogen-bond acceptors (Lipinski definition) is 6. The maximum Gasteiger partial charge on any atom is 0.274 e. The highest BCUT2D eigenvalue weighted by molar-refractivity contribution is 5.92. The van der Waals surface area contributed by atoms with Crippen LogP contribution >= 0.6 is 0 Å². The van der Waals surface area contributed by atoms with Gasteiger partial charge in [-0.1, -0.05) is 0 Å². The van der Waals surface area contributed by atoms with Crippen molar-refractivity contribution in [3.05, 3.63) is 36.4 Å². The Morgan fingerprint density at radius 1 is 1.30 bits per heavy atom. The van der Waals surface area contributed by atoms with Gasteiger partial charge in [0.05, 0.1) is 36.7 Å². The van der Waals surface area contributed by atoms with Crippen LogP contribution < -0.4 is 0 Å². The lowest BCUT2D eigenvalue weighted by atomic mass is 9.97. The zero-order valence-electron chi connectivity index (χ0n) is 12.9. The summed E-state index contributed by atoms with van der Waals surface area (Å²) in [7, 11) is 0. The normalized spacial score (nSPS) is 27.0. The van der Waals surface area contributed by atoms with Gasteiger partial charge in [-0.05, 0) is 13.3 Å². The summed E-state index contributed by atoms with van der Waals surface area (Å²) in [5.74, 6) is -0.0780. The Labute approximate surface area is 133 Å². The minimum Gasteiger partial charge on any atom is -0.371 e. The summed E-state index contributed by atoms with van der Waals surface area (Å²) in [5, 5.41) is 7.70. The van der Waals surface area contributed by atoms with E-state index in [1.54, 1.807) is 18.9 Å². The van der Waals surface area contributed by atoms with Gasteiger partial charge in [0, 0.05) is 19.2 Å². The average molecular weight is 314 g/mol. The van der Waals surface area contributed by atoms with Crippen molar-refractivity contribution in [2.24, 2.45) is 0 Å². The van der Waals surface area contributed by atoms with Crippen LogP contribution in [0.5, 0.6) is 0 Å². The van der Waals surface area contributed by atoms with Gasteiger partial charge < -0.3 is 14.2 Å². The molecule has 120 valence electrons. The zero-order chi connectivity index (χ0) is 15.9. The summed E-state index contributed by atoms with van der Waals surface area (Å²) >= 11 is 0. The van der Waals surface area contributed by atoms with Crippen LogP contribution in [0.2, 0.25) is 0 Å². The molecule has 0 unspecified atom stereocenters. The second kappa shape index (κ2) is 5.38. The fourth-order valence-corrected chi connectivity index (χ4v) is 3.38. The van der Waals surface area contributed by atoms with Gasteiger partial charge in [0.15, 0.2) is 0 Å². The van der Waals surface area contributed by atoms with E-state index in [1.807, 2.05) is 16.4 Å². The van der Waals surface area contributed by atoms with E-state index in [2.05, 4.69) is 20.2 Å². The van der Waals surface area contributed by atoms with Crippen molar-refractivity contribution in [3.8, 4) is 0 Å². The van der Waals surface area contributed by atoms with Gasteiger partial charge in [0.25, 0.3) is 5.91 Å². The summed E-state index contributed by atoms with van der Waals surface area (Å²) in [6, 6.07) is 0.235. The van der Waals surface area contributed by atoms with Crippen molar-refractivity contribution >= 4 is 5.91 Å². The minimum atomic E-state index is -0.261. The molecule has 2 saturated heterocycles. The van der Waals surface area contributed by atoms with Crippen LogP contribution in [0.15, 0.2) is 25.0 Å². The molecule has 0 radical (unpaired) electrons. The van der Waals surface area contributed by atoms with Gasteiger partial charge in [-0.2, -0.15) is 0 Å².